The Kier molecular flexibility index (Phi) is 8.97. The van der Waals surface area contributed by atoms with Gasteiger partial charge in [-0.1, -0.05) is 67.3 Å². The van der Waals surface area contributed by atoms with Crippen molar-refractivity contribution in [3.05, 3.63) is 108 Å². The van der Waals surface area contributed by atoms with Gasteiger partial charge in [0.05, 0.1) is 18.8 Å². The van der Waals surface area contributed by atoms with Crippen LogP contribution in [0.3, 0.4) is 0 Å². The van der Waals surface area contributed by atoms with Gasteiger partial charge < -0.3 is 19.3 Å². The lowest BCUT2D eigenvalue weighted by Gasteiger charge is -2.36. The van der Waals surface area contributed by atoms with Crippen molar-refractivity contribution in [3.63, 3.8) is 0 Å². The zero-order chi connectivity index (χ0) is 24.5. The summed E-state index contributed by atoms with van der Waals surface area (Å²) < 4.78 is 17.8. The summed E-state index contributed by atoms with van der Waals surface area (Å²) in [6, 6.07) is 25.4. The molecule has 1 fully saturated rings. The first-order valence-corrected chi connectivity index (χ1v) is 12.5. The first kappa shape index (κ1) is 25.0. The second kappa shape index (κ2) is 12.6. The van der Waals surface area contributed by atoms with Crippen molar-refractivity contribution in [3.8, 4) is 0 Å². The third-order valence-corrected chi connectivity index (χ3v) is 6.68. The highest BCUT2D eigenvalue weighted by Crippen LogP contribution is 2.39. The second-order valence-corrected chi connectivity index (χ2v) is 9.21. The van der Waals surface area contributed by atoms with Crippen LogP contribution in [0.4, 0.5) is 10.5 Å². The molecule has 4 rings (SSSR count). The Labute approximate surface area is 209 Å². The van der Waals surface area contributed by atoms with Crippen LogP contribution in [0.15, 0.2) is 96.4 Å². The number of anilines is 1. The Morgan fingerprint density at radius 2 is 1.86 bits per heavy atom. The van der Waals surface area contributed by atoms with Crippen LogP contribution in [0.25, 0.3) is 0 Å². The number of carbonyl (C=O) groups excluding carboxylic acids is 1. The molecule has 3 atom stereocenters. The summed E-state index contributed by atoms with van der Waals surface area (Å²) >= 11 is 1.75. The van der Waals surface area contributed by atoms with Crippen LogP contribution in [0, 0.1) is 0 Å². The number of ether oxygens (including phenoxy) is 3. The van der Waals surface area contributed by atoms with E-state index in [-0.39, 0.29) is 25.4 Å². The lowest BCUT2D eigenvalue weighted by atomic mass is 10.0. The fourth-order valence-electron chi connectivity index (χ4n) is 3.78. The molecule has 0 radical (unpaired) electrons. The monoisotopic (exact) mass is 491 g/mol. The third-order valence-electron chi connectivity index (χ3n) is 5.53. The van der Waals surface area contributed by atoms with Crippen LogP contribution < -0.4 is 5.32 Å². The molecule has 7 heteroatoms. The lowest BCUT2D eigenvalue weighted by Crippen LogP contribution is -2.31. The van der Waals surface area contributed by atoms with E-state index in [2.05, 4.69) is 24.0 Å². The first-order valence-electron chi connectivity index (χ1n) is 11.5. The lowest BCUT2D eigenvalue weighted by molar-refractivity contribution is -0.245. The van der Waals surface area contributed by atoms with Gasteiger partial charge in [-0.25, -0.2) is 4.79 Å². The average Bonchev–Trinajstić information content (AvgIpc) is 2.91. The van der Waals surface area contributed by atoms with E-state index in [9.17, 15) is 9.90 Å². The van der Waals surface area contributed by atoms with E-state index in [4.69, 9.17) is 14.2 Å². The number of thioether (sulfide) groups is 1. The van der Waals surface area contributed by atoms with Crippen molar-refractivity contribution < 1.29 is 24.1 Å². The van der Waals surface area contributed by atoms with E-state index >= 15 is 0 Å². The molecule has 35 heavy (non-hydrogen) atoms. The maximum atomic E-state index is 12.0. The summed E-state index contributed by atoms with van der Waals surface area (Å²) in [5.41, 5.74) is 3.29. The number of benzene rings is 3. The first-order chi connectivity index (χ1) is 17.1. The molecule has 3 aromatic carbocycles. The molecular weight excluding hydrogens is 462 g/mol. The maximum Gasteiger partial charge on any atom is 0.411 e. The van der Waals surface area contributed by atoms with Crippen LogP contribution in [-0.2, 0) is 20.8 Å². The van der Waals surface area contributed by atoms with Crippen LogP contribution in [0.2, 0.25) is 0 Å². The van der Waals surface area contributed by atoms with Gasteiger partial charge in [0.1, 0.15) is 6.61 Å². The minimum absolute atomic E-state index is 0.00288. The minimum atomic E-state index is -0.599. The van der Waals surface area contributed by atoms with E-state index in [1.165, 1.54) is 11.0 Å². The maximum absolute atomic E-state index is 12.0. The molecule has 0 aliphatic carbocycles. The van der Waals surface area contributed by atoms with Gasteiger partial charge in [-0.2, -0.15) is 0 Å². The van der Waals surface area contributed by atoms with Gasteiger partial charge in [0.15, 0.2) is 6.29 Å². The number of nitrogens with one attached hydrogen (secondary N) is 1. The molecule has 182 valence electrons. The predicted octanol–water partition coefficient (Wildman–Crippen LogP) is 6.25. The van der Waals surface area contributed by atoms with Gasteiger partial charge in [0.25, 0.3) is 0 Å². The molecule has 0 aromatic heterocycles. The summed E-state index contributed by atoms with van der Waals surface area (Å²) in [6.07, 6.45) is 0.860. The van der Waals surface area contributed by atoms with Crippen molar-refractivity contribution in [2.75, 3.05) is 17.7 Å². The fraction of sp³-hybridized carbons (Fsp3) is 0.250. The minimum Gasteiger partial charge on any atom is -0.445 e. The third kappa shape index (κ3) is 7.19. The molecular formula is C28H29NO5S. The van der Waals surface area contributed by atoms with Crippen molar-refractivity contribution >= 4 is 23.5 Å². The van der Waals surface area contributed by atoms with E-state index in [0.717, 1.165) is 22.4 Å². The molecule has 2 N–H and O–H groups in total. The zero-order valence-corrected chi connectivity index (χ0v) is 20.2. The van der Waals surface area contributed by atoms with Gasteiger partial charge in [-0.05, 0) is 35.4 Å². The quantitative estimate of drug-likeness (QED) is 0.272. The molecule has 0 bridgehead atoms. The number of hydrogen-bond acceptors (Lipinski definition) is 6. The number of carbonyl (C=O) groups is 1. The number of aliphatic hydroxyl groups is 1. The largest absolute Gasteiger partial charge is 0.445 e. The van der Waals surface area contributed by atoms with Crippen molar-refractivity contribution in [2.24, 2.45) is 0 Å². The smallest absolute Gasteiger partial charge is 0.411 e. The summed E-state index contributed by atoms with van der Waals surface area (Å²) in [7, 11) is 0. The van der Waals surface area contributed by atoms with Crippen molar-refractivity contribution in [2.45, 2.75) is 36.4 Å². The number of aliphatic hydroxyl groups excluding tert-OH is 1. The molecule has 1 amide bonds. The molecule has 6 nitrogen and oxygen atoms in total. The van der Waals surface area contributed by atoms with E-state index in [1.807, 2.05) is 60.7 Å². The predicted molar refractivity (Wildman–Crippen MR) is 137 cm³/mol. The molecule has 0 saturated carbocycles. The highest BCUT2D eigenvalue weighted by molar-refractivity contribution is 7.99. The Morgan fingerprint density at radius 3 is 2.60 bits per heavy atom. The average molecular weight is 492 g/mol. The Bertz CT molecular complexity index is 1110. The number of hydrogen-bond donors (Lipinski definition) is 2. The fourth-order valence-corrected chi connectivity index (χ4v) is 4.72. The topological polar surface area (TPSA) is 77.0 Å². The second-order valence-electron chi connectivity index (χ2n) is 8.11. The van der Waals surface area contributed by atoms with Crippen LogP contribution in [-0.4, -0.2) is 29.7 Å². The molecule has 1 saturated heterocycles. The normalized spacial score (nSPS) is 19.6. The van der Waals surface area contributed by atoms with Gasteiger partial charge >= 0.3 is 6.09 Å². The Morgan fingerprint density at radius 1 is 1.06 bits per heavy atom. The van der Waals surface area contributed by atoms with E-state index in [0.29, 0.717) is 12.1 Å². The van der Waals surface area contributed by atoms with E-state index in [1.54, 1.807) is 17.8 Å². The molecule has 1 aliphatic rings. The Balaban J connectivity index is 1.51. The van der Waals surface area contributed by atoms with Gasteiger partial charge in [0.2, 0.25) is 0 Å². The summed E-state index contributed by atoms with van der Waals surface area (Å²) in [4.78, 5) is 13.1. The van der Waals surface area contributed by atoms with E-state index < -0.39 is 12.4 Å². The molecule has 1 heterocycles. The van der Waals surface area contributed by atoms with Crippen molar-refractivity contribution in [1.29, 1.82) is 0 Å². The van der Waals surface area contributed by atoms with Crippen LogP contribution in [0.1, 0.15) is 35.5 Å². The van der Waals surface area contributed by atoms with Gasteiger partial charge in [0, 0.05) is 28.3 Å². The van der Waals surface area contributed by atoms with Gasteiger partial charge in [-0.15, -0.1) is 11.8 Å². The summed E-state index contributed by atoms with van der Waals surface area (Å²) in [5, 5.41) is 12.1. The van der Waals surface area contributed by atoms with Crippen LogP contribution in [0.5, 0.6) is 0 Å². The molecule has 0 spiro atoms. The number of amides is 1. The molecule has 0 unspecified atom stereocenters. The standard InChI is InChI=1S/C28H29NO5S/c1-2-15-32-28(31)29-23-8-6-7-22(16-23)27-33-24(19-35-25-9-4-3-5-10-25)17-26(34-27)21-13-11-20(18-30)12-14-21/h2-14,16,24,26-27,30H,1,15,17-19H2,(H,29,31)/t24-,26+,27+/m1/s1. The van der Waals surface area contributed by atoms with Gasteiger partial charge in [-0.3, -0.25) is 5.32 Å². The van der Waals surface area contributed by atoms with Crippen LogP contribution >= 0.6 is 11.8 Å². The highest BCUT2D eigenvalue weighted by atomic mass is 32.2. The summed E-state index contributed by atoms with van der Waals surface area (Å²) in [5.74, 6) is 0.779. The SMILES string of the molecule is C=CCOC(=O)Nc1cccc([C@H]2O[C@@H](CSc3ccccc3)C[C@@H](c3ccc(CO)cc3)O2)c1. The summed E-state index contributed by atoms with van der Waals surface area (Å²) in [6.45, 7) is 3.69. The molecule has 1 aliphatic heterocycles. The molecule has 3 aromatic rings. The zero-order valence-electron chi connectivity index (χ0n) is 19.3. The van der Waals surface area contributed by atoms with Crippen molar-refractivity contribution in [1.82, 2.24) is 0 Å². The number of rotatable bonds is 9. The Hall–Kier alpha value is -3.10. The highest BCUT2D eigenvalue weighted by Gasteiger charge is 2.32.